The molecule has 0 N–H and O–H groups in total. The number of carbonyl (C=O) groups excluding carboxylic acids is 2. The summed E-state index contributed by atoms with van der Waals surface area (Å²) in [5, 5.41) is 0. The first-order valence-corrected chi connectivity index (χ1v) is 16.8. The second kappa shape index (κ2) is 29.1. The Morgan fingerprint density at radius 3 is 1.71 bits per heavy atom. The van der Waals surface area contributed by atoms with Crippen LogP contribution in [0, 0.1) is 11.8 Å². The molecule has 1 atom stereocenters. The molecule has 0 spiro atoms. The van der Waals surface area contributed by atoms with Crippen LogP contribution >= 0.6 is 0 Å². The van der Waals surface area contributed by atoms with Crippen molar-refractivity contribution in [2.75, 3.05) is 26.7 Å². The zero-order valence-electron chi connectivity index (χ0n) is 26.3. The number of ether oxygens (including phenoxy) is 1. The summed E-state index contributed by atoms with van der Waals surface area (Å²) in [7, 11) is 2.24. The van der Waals surface area contributed by atoms with Crippen molar-refractivity contribution in [3.05, 3.63) is 0 Å². The lowest BCUT2D eigenvalue weighted by Gasteiger charge is -2.23. The third kappa shape index (κ3) is 25.4. The molecule has 226 valence electrons. The highest BCUT2D eigenvalue weighted by Gasteiger charge is 2.12. The average Bonchev–Trinajstić information content (AvgIpc) is 2.91. The van der Waals surface area contributed by atoms with Crippen molar-refractivity contribution < 1.29 is 14.3 Å². The molecule has 4 heteroatoms. The van der Waals surface area contributed by atoms with Crippen molar-refractivity contribution in [3.63, 3.8) is 0 Å². The molecule has 1 unspecified atom stereocenters. The lowest BCUT2D eigenvalue weighted by molar-refractivity contribution is -0.144. The first-order chi connectivity index (χ1) is 18.6. The maximum absolute atomic E-state index is 12.2. The van der Waals surface area contributed by atoms with Gasteiger partial charge < -0.3 is 14.4 Å². The van der Waals surface area contributed by atoms with Gasteiger partial charge in [-0.3, -0.25) is 4.79 Å². The minimum Gasteiger partial charge on any atom is -0.466 e. The average molecular weight is 538 g/mol. The predicted octanol–water partition coefficient (Wildman–Crippen LogP) is 9.92. The van der Waals surface area contributed by atoms with Crippen LogP contribution in [0.15, 0.2) is 0 Å². The highest BCUT2D eigenvalue weighted by Crippen LogP contribution is 2.22. The van der Waals surface area contributed by atoms with E-state index in [9.17, 15) is 9.59 Å². The van der Waals surface area contributed by atoms with Crippen molar-refractivity contribution in [2.24, 2.45) is 11.8 Å². The van der Waals surface area contributed by atoms with E-state index in [0.29, 0.717) is 13.0 Å². The smallest absolute Gasteiger partial charge is 0.305 e. The summed E-state index contributed by atoms with van der Waals surface area (Å²) in [6.45, 7) is 9.73. The Labute approximate surface area is 238 Å². The van der Waals surface area contributed by atoms with E-state index < -0.39 is 0 Å². The molecule has 0 aromatic rings. The van der Waals surface area contributed by atoms with Crippen molar-refractivity contribution in [2.45, 2.75) is 168 Å². The summed E-state index contributed by atoms with van der Waals surface area (Å²) in [5.41, 5.74) is 0. The van der Waals surface area contributed by atoms with Gasteiger partial charge in [0.05, 0.1) is 6.61 Å². The Kier molecular flexibility index (Phi) is 28.4. The topological polar surface area (TPSA) is 46.6 Å². The van der Waals surface area contributed by atoms with Gasteiger partial charge in [0.2, 0.25) is 0 Å². The van der Waals surface area contributed by atoms with Gasteiger partial charge >= 0.3 is 5.97 Å². The maximum Gasteiger partial charge on any atom is 0.305 e. The Morgan fingerprint density at radius 2 is 1.16 bits per heavy atom. The van der Waals surface area contributed by atoms with Crippen LogP contribution in [0.3, 0.4) is 0 Å². The minimum absolute atomic E-state index is 0.0136. The molecule has 0 aliphatic heterocycles. The largest absolute Gasteiger partial charge is 0.466 e. The number of aldehydes is 1. The number of hydrogen-bond donors (Lipinski definition) is 0. The molecular weight excluding hydrogens is 470 g/mol. The summed E-state index contributed by atoms with van der Waals surface area (Å²) in [6.07, 6.45) is 28.6. The number of nitrogens with zero attached hydrogens (tertiary/aromatic N) is 1. The zero-order valence-corrected chi connectivity index (χ0v) is 26.3. The molecule has 0 aliphatic carbocycles. The van der Waals surface area contributed by atoms with E-state index >= 15 is 0 Å². The summed E-state index contributed by atoms with van der Waals surface area (Å²) >= 11 is 0. The van der Waals surface area contributed by atoms with Gasteiger partial charge in [0.25, 0.3) is 0 Å². The van der Waals surface area contributed by atoms with Crippen LogP contribution < -0.4 is 0 Å². The normalized spacial score (nSPS) is 12.4. The van der Waals surface area contributed by atoms with Gasteiger partial charge in [0, 0.05) is 19.4 Å². The second-order valence-electron chi connectivity index (χ2n) is 11.9. The molecule has 0 bridgehead atoms. The lowest BCUT2D eigenvalue weighted by Crippen LogP contribution is -2.25. The highest BCUT2D eigenvalue weighted by molar-refractivity contribution is 5.69. The van der Waals surface area contributed by atoms with E-state index in [1.54, 1.807) is 0 Å². The standard InChI is InChI=1S/C34H67NO3/c1-5-8-17-23-32(24-18-9-6-2)28-30-38-34(37)27-21-15-12-14-20-26-33(31-35(4)7-3)25-19-13-10-11-16-22-29-36/h29,32-33H,5-28,30-31H2,1-4H3. The molecule has 0 fully saturated rings. The molecule has 4 nitrogen and oxygen atoms in total. The Bertz CT molecular complexity index is 500. The molecule has 0 aliphatic rings. The molecular formula is C34H67NO3. The number of unbranched alkanes of at least 4 members (excludes halogenated alkanes) is 13. The van der Waals surface area contributed by atoms with Gasteiger partial charge in [0.15, 0.2) is 0 Å². The van der Waals surface area contributed by atoms with E-state index in [1.165, 1.54) is 116 Å². The molecule has 0 saturated heterocycles. The monoisotopic (exact) mass is 538 g/mol. The lowest BCUT2D eigenvalue weighted by atomic mass is 9.92. The van der Waals surface area contributed by atoms with E-state index in [0.717, 1.165) is 56.8 Å². The van der Waals surface area contributed by atoms with Crippen molar-refractivity contribution >= 4 is 12.3 Å². The van der Waals surface area contributed by atoms with E-state index in [1.807, 2.05) is 0 Å². The summed E-state index contributed by atoms with van der Waals surface area (Å²) in [4.78, 5) is 25.1. The SMILES string of the molecule is CCCCCC(CCCCC)CCOC(=O)CCCCCCCC(CCCCCCCC=O)CN(C)CC. The van der Waals surface area contributed by atoms with E-state index in [2.05, 4.69) is 32.7 Å². The molecule has 0 saturated carbocycles. The van der Waals surface area contributed by atoms with Gasteiger partial charge in [0.1, 0.15) is 6.29 Å². The molecule has 0 aromatic carbocycles. The van der Waals surface area contributed by atoms with Crippen LogP contribution in [0.1, 0.15) is 168 Å². The summed E-state index contributed by atoms with van der Waals surface area (Å²) in [6, 6.07) is 0. The molecule has 0 amide bonds. The number of carbonyl (C=O) groups is 2. The Hall–Kier alpha value is -0.900. The van der Waals surface area contributed by atoms with Crippen LogP contribution in [0.5, 0.6) is 0 Å². The van der Waals surface area contributed by atoms with Crippen molar-refractivity contribution in [1.82, 2.24) is 4.90 Å². The van der Waals surface area contributed by atoms with Gasteiger partial charge in [-0.25, -0.2) is 0 Å². The van der Waals surface area contributed by atoms with Crippen molar-refractivity contribution in [1.29, 1.82) is 0 Å². The molecule has 0 heterocycles. The number of esters is 1. The first-order valence-electron chi connectivity index (χ1n) is 16.8. The zero-order chi connectivity index (χ0) is 28.1. The van der Waals surface area contributed by atoms with Crippen LogP contribution in [0.2, 0.25) is 0 Å². The molecule has 0 rings (SSSR count). The van der Waals surface area contributed by atoms with Gasteiger partial charge in [-0.2, -0.15) is 0 Å². The van der Waals surface area contributed by atoms with Crippen LogP contribution in [-0.2, 0) is 14.3 Å². The summed E-state index contributed by atoms with van der Waals surface area (Å²) < 4.78 is 5.61. The van der Waals surface area contributed by atoms with E-state index in [-0.39, 0.29) is 5.97 Å². The van der Waals surface area contributed by atoms with E-state index in [4.69, 9.17) is 4.74 Å². The maximum atomic E-state index is 12.2. The van der Waals surface area contributed by atoms with Crippen LogP contribution in [0.4, 0.5) is 0 Å². The van der Waals surface area contributed by atoms with Crippen molar-refractivity contribution in [3.8, 4) is 0 Å². The number of rotatable bonds is 30. The first kappa shape index (κ1) is 37.1. The molecule has 0 aromatic heterocycles. The second-order valence-corrected chi connectivity index (χ2v) is 11.9. The quantitative estimate of drug-likeness (QED) is 0.0519. The fraction of sp³-hybridized carbons (Fsp3) is 0.941. The summed E-state index contributed by atoms with van der Waals surface area (Å²) in [5.74, 6) is 1.55. The number of hydrogen-bond acceptors (Lipinski definition) is 4. The minimum atomic E-state index is 0.0136. The fourth-order valence-electron chi connectivity index (χ4n) is 5.53. The van der Waals surface area contributed by atoms with Gasteiger partial charge in [-0.1, -0.05) is 124 Å². The van der Waals surface area contributed by atoms with Gasteiger partial charge in [-0.05, 0) is 57.5 Å². The fourth-order valence-corrected chi connectivity index (χ4v) is 5.53. The Morgan fingerprint density at radius 1 is 0.658 bits per heavy atom. The third-order valence-electron chi connectivity index (χ3n) is 8.26. The third-order valence-corrected chi connectivity index (χ3v) is 8.26. The predicted molar refractivity (Wildman–Crippen MR) is 165 cm³/mol. The highest BCUT2D eigenvalue weighted by atomic mass is 16.5. The molecule has 0 radical (unpaired) electrons. The Balaban J connectivity index is 3.94. The molecule has 38 heavy (non-hydrogen) atoms. The van der Waals surface area contributed by atoms with Crippen LogP contribution in [0.25, 0.3) is 0 Å². The van der Waals surface area contributed by atoms with Crippen LogP contribution in [-0.4, -0.2) is 43.9 Å². The van der Waals surface area contributed by atoms with Gasteiger partial charge in [-0.15, -0.1) is 0 Å².